The topological polar surface area (TPSA) is 92.6 Å². The van der Waals surface area contributed by atoms with Gasteiger partial charge >= 0.3 is 0 Å². The molecule has 8 rings (SSSR count). The Bertz CT molecular complexity index is 1760. The van der Waals surface area contributed by atoms with Crippen molar-refractivity contribution in [1.82, 2.24) is 24.3 Å². The van der Waals surface area contributed by atoms with E-state index in [1.54, 1.807) is 24.0 Å². The van der Waals surface area contributed by atoms with E-state index in [-0.39, 0.29) is 17.5 Å². The number of nitrogens with zero attached hydrogens (tertiary/aromatic N) is 5. The molecule has 4 aliphatic heterocycles. The number of nitrogens with one attached hydrogen (secondary N) is 1. The smallest absolute Gasteiger partial charge is 0.255 e. The minimum Gasteiger partial charge on any atom is -0.492 e. The lowest BCUT2D eigenvalue weighted by Gasteiger charge is -2.36. The Kier molecular flexibility index (Phi) is 6.16. The number of aryl methyl sites for hydroxylation is 1. The minimum atomic E-state index is -1.01. The average Bonchev–Trinajstić information content (AvgIpc) is 3.83. The molecule has 11 heteroatoms. The number of carbonyl (C=O) groups excluding carboxylic acids is 2. The summed E-state index contributed by atoms with van der Waals surface area (Å²) >= 11 is 1.30. The SMILES string of the molecule is CN1CCC2(CC1)COc1cc(-c3cc(F)c4c(c3)C(=O)N(C(C(=O)Nc3nccs3)c3ncn5c3CCC5)C4)ccc12. The molecule has 0 radical (unpaired) electrons. The summed E-state index contributed by atoms with van der Waals surface area (Å²) in [4.78, 5) is 40.3. The van der Waals surface area contributed by atoms with E-state index < -0.39 is 23.7 Å². The maximum atomic E-state index is 15.8. The first kappa shape index (κ1) is 26.5. The Hall–Kier alpha value is -4.09. The van der Waals surface area contributed by atoms with Gasteiger partial charge < -0.3 is 19.1 Å². The molecule has 4 aliphatic rings. The molecule has 4 aromatic rings. The molecule has 0 bridgehead atoms. The number of amides is 2. The van der Waals surface area contributed by atoms with Crippen LogP contribution in [0.1, 0.15) is 58.2 Å². The van der Waals surface area contributed by atoms with Crippen LogP contribution < -0.4 is 10.1 Å². The number of hydrogen-bond donors (Lipinski definition) is 1. The Balaban J connectivity index is 1.12. The van der Waals surface area contributed by atoms with Crippen LogP contribution in [0.2, 0.25) is 0 Å². The molecule has 0 aliphatic carbocycles. The Morgan fingerprint density at radius 2 is 2.00 bits per heavy atom. The second-order valence-corrected chi connectivity index (χ2v) is 13.0. The van der Waals surface area contributed by atoms with E-state index in [0.717, 1.165) is 62.3 Å². The first-order chi connectivity index (χ1) is 20.9. The van der Waals surface area contributed by atoms with Crippen molar-refractivity contribution in [2.75, 3.05) is 32.1 Å². The zero-order valence-electron chi connectivity index (χ0n) is 23.8. The number of piperidine rings is 1. The van der Waals surface area contributed by atoms with E-state index >= 15 is 4.39 Å². The fourth-order valence-corrected chi connectivity index (χ4v) is 7.71. The van der Waals surface area contributed by atoms with Crippen LogP contribution in [0, 0.1) is 5.82 Å². The third-order valence-corrected chi connectivity index (χ3v) is 10.3. The van der Waals surface area contributed by atoms with Gasteiger partial charge in [-0.3, -0.25) is 14.9 Å². The number of fused-ring (bicyclic) bond motifs is 4. The normalized spacial score (nSPS) is 19.3. The van der Waals surface area contributed by atoms with Gasteiger partial charge in [-0.05, 0) is 75.1 Å². The molecular weight excluding hydrogens is 567 g/mol. The number of imidazole rings is 1. The van der Waals surface area contributed by atoms with Crippen LogP contribution in [0.15, 0.2) is 48.2 Å². The van der Waals surface area contributed by atoms with E-state index in [0.29, 0.717) is 28.6 Å². The molecule has 1 N–H and O–H groups in total. The minimum absolute atomic E-state index is 0.0210. The largest absolute Gasteiger partial charge is 0.492 e. The van der Waals surface area contributed by atoms with E-state index in [2.05, 4.69) is 33.3 Å². The molecule has 6 heterocycles. The van der Waals surface area contributed by atoms with Gasteiger partial charge in [0.25, 0.3) is 11.8 Å². The Labute approximate surface area is 252 Å². The van der Waals surface area contributed by atoms with E-state index in [1.165, 1.54) is 27.9 Å². The van der Waals surface area contributed by atoms with Crippen LogP contribution in [-0.4, -0.2) is 62.9 Å². The molecule has 1 atom stereocenters. The summed E-state index contributed by atoms with van der Waals surface area (Å²) in [5.74, 6) is -0.435. The zero-order chi connectivity index (χ0) is 29.3. The second kappa shape index (κ2) is 9.99. The summed E-state index contributed by atoms with van der Waals surface area (Å²) in [6.45, 7) is 3.52. The molecule has 1 saturated heterocycles. The second-order valence-electron chi connectivity index (χ2n) is 12.1. The molecule has 1 fully saturated rings. The summed E-state index contributed by atoms with van der Waals surface area (Å²) in [6.07, 6.45) is 7.13. The predicted molar refractivity (Wildman–Crippen MR) is 160 cm³/mol. The number of likely N-dealkylation sites (tertiary alicyclic amines) is 1. The van der Waals surface area contributed by atoms with Crippen molar-refractivity contribution >= 4 is 28.3 Å². The van der Waals surface area contributed by atoms with Crippen molar-refractivity contribution in [3.8, 4) is 16.9 Å². The summed E-state index contributed by atoms with van der Waals surface area (Å²) in [6, 6.07) is 8.30. The number of rotatable bonds is 5. The lowest BCUT2D eigenvalue weighted by molar-refractivity contribution is -0.121. The average molecular weight is 599 g/mol. The molecular formula is C32H31FN6O3S. The van der Waals surface area contributed by atoms with Gasteiger partial charge in [0.05, 0.1) is 25.2 Å². The van der Waals surface area contributed by atoms with Crippen molar-refractivity contribution in [2.24, 2.45) is 0 Å². The van der Waals surface area contributed by atoms with Crippen LogP contribution in [0.25, 0.3) is 11.1 Å². The highest BCUT2D eigenvalue weighted by molar-refractivity contribution is 7.13. The number of halogens is 1. The maximum Gasteiger partial charge on any atom is 0.255 e. The molecule has 2 aromatic carbocycles. The highest BCUT2D eigenvalue weighted by Gasteiger charge is 2.44. The lowest BCUT2D eigenvalue weighted by atomic mass is 9.74. The highest BCUT2D eigenvalue weighted by atomic mass is 32.1. The number of ether oxygens (including phenoxy) is 1. The van der Waals surface area contributed by atoms with E-state index in [1.807, 2.05) is 16.7 Å². The molecule has 220 valence electrons. The summed E-state index contributed by atoms with van der Waals surface area (Å²) < 4.78 is 24.0. The van der Waals surface area contributed by atoms with Gasteiger partial charge in [-0.2, -0.15) is 0 Å². The fourth-order valence-electron chi connectivity index (χ4n) is 7.18. The number of thiazole rings is 1. The summed E-state index contributed by atoms with van der Waals surface area (Å²) in [5, 5.41) is 5.05. The van der Waals surface area contributed by atoms with Crippen molar-refractivity contribution in [1.29, 1.82) is 0 Å². The van der Waals surface area contributed by atoms with Gasteiger partial charge in [-0.15, -0.1) is 11.3 Å². The van der Waals surface area contributed by atoms with Gasteiger partial charge in [-0.25, -0.2) is 14.4 Å². The van der Waals surface area contributed by atoms with Crippen LogP contribution in [0.3, 0.4) is 0 Å². The number of carbonyl (C=O) groups is 2. The molecule has 9 nitrogen and oxygen atoms in total. The zero-order valence-corrected chi connectivity index (χ0v) is 24.6. The van der Waals surface area contributed by atoms with Crippen LogP contribution >= 0.6 is 11.3 Å². The molecule has 43 heavy (non-hydrogen) atoms. The van der Waals surface area contributed by atoms with Crippen molar-refractivity contribution in [2.45, 2.75) is 50.2 Å². The fraction of sp³-hybridized carbons (Fsp3) is 0.375. The number of aromatic nitrogens is 3. The van der Waals surface area contributed by atoms with Gasteiger partial charge in [0.1, 0.15) is 11.6 Å². The standard InChI is InChI=1S/C32H31FN6O3S/c1-37-10-6-32(7-11-37)17-42-26-15-19(4-5-23(26)32)20-13-21-22(24(33)14-20)16-39(30(21)41)28(29(40)36-31-34-8-12-43-31)27-25-3-2-9-38(25)18-35-27/h4-5,8,12-15,18,28H,2-3,6-7,9-11,16-17H2,1H3,(H,34,36,40). The van der Waals surface area contributed by atoms with Crippen molar-refractivity contribution < 1.29 is 18.7 Å². The quantitative estimate of drug-likeness (QED) is 0.356. The monoisotopic (exact) mass is 598 g/mol. The number of benzene rings is 2. The van der Waals surface area contributed by atoms with E-state index in [9.17, 15) is 9.59 Å². The molecule has 2 aromatic heterocycles. The predicted octanol–water partition coefficient (Wildman–Crippen LogP) is 4.78. The van der Waals surface area contributed by atoms with E-state index in [4.69, 9.17) is 4.74 Å². The molecule has 1 spiro atoms. The molecule has 1 unspecified atom stereocenters. The highest BCUT2D eigenvalue weighted by Crippen LogP contribution is 2.47. The van der Waals surface area contributed by atoms with Gasteiger partial charge in [0.2, 0.25) is 0 Å². The Morgan fingerprint density at radius 1 is 1.14 bits per heavy atom. The van der Waals surface area contributed by atoms with Gasteiger partial charge in [0, 0.05) is 45.9 Å². The molecule has 2 amide bonds. The lowest BCUT2D eigenvalue weighted by Crippen LogP contribution is -2.41. The first-order valence-electron chi connectivity index (χ1n) is 14.7. The number of hydrogen-bond acceptors (Lipinski definition) is 7. The Morgan fingerprint density at radius 3 is 2.81 bits per heavy atom. The third-order valence-electron chi connectivity index (χ3n) is 9.62. The third kappa shape index (κ3) is 4.28. The maximum absolute atomic E-state index is 15.8. The summed E-state index contributed by atoms with van der Waals surface area (Å²) in [7, 11) is 2.15. The van der Waals surface area contributed by atoms with Crippen LogP contribution in [0.4, 0.5) is 9.52 Å². The number of anilines is 1. The summed E-state index contributed by atoms with van der Waals surface area (Å²) in [5.41, 5.74) is 4.68. The molecule has 0 saturated carbocycles. The van der Waals surface area contributed by atoms with Gasteiger partial charge in [0.15, 0.2) is 11.2 Å². The van der Waals surface area contributed by atoms with Crippen molar-refractivity contribution in [3.63, 3.8) is 0 Å². The van der Waals surface area contributed by atoms with Gasteiger partial charge in [-0.1, -0.05) is 12.1 Å². The van der Waals surface area contributed by atoms with Crippen LogP contribution in [-0.2, 0) is 29.7 Å². The first-order valence-corrected chi connectivity index (χ1v) is 15.6. The van der Waals surface area contributed by atoms with Crippen LogP contribution in [0.5, 0.6) is 5.75 Å². The van der Waals surface area contributed by atoms with Crippen molar-refractivity contribution in [3.05, 3.63) is 82.1 Å².